The molecule has 0 aliphatic carbocycles. The van der Waals surface area contributed by atoms with Gasteiger partial charge in [0, 0.05) is 12.6 Å². The van der Waals surface area contributed by atoms with Gasteiger partial charge in [-0.2, -0.15) is 8.78 Å². The van der Waals surface area contributed by atoms with Gasteiger partial charge in [-0.15, -0.1) is 11.3 Å². The Balaban J connectivity index is 1.69. The lowest BCUT2D eigenvalue weighted by atomic mass is 9.85. The van der Waals surface area contributed by atoms with E-state index >= 15 is 0 Å². The molecule has 1 aliphatic heterocycles. The van der Waals surface area contributed by atoms with Crippen molar-refractivity contribution in [3.8, 4) is 11.5 Å². The summed E-state index contributed by atoms with van der Waals surface area (Å²) in [5, 5.41) is 4.48. The zero-order valence-corrected chi connectivity index (χ0v) is 16.7. The first-order valence-electron chi connectivity index (χ1n) is 9.14. The first kappa shape index (κ1) is 20.5. The van der Waals surface area contributed by atoms with E-state index in [1.165, 1.54) is 11.6 Å². The summed E-state index contributed by atoms with van der Waals surface area (Å²) in [6.07, 6.45) is 2.02. The average Bonchev–Trinajstić information content (AvgIpc) is 3.14. The Morgan fingerprint density at radius 2 is 2.07 bits per heavy atom. The van der Waals surface area contributed by atoms with Crippen molar-refractivity contribution in [2.45, 2.75) is 25.5 Å². The Labute approximate surface area is 167 Å². The minimum absolute atomic E-state index is 0.0787. The third-order valence-electron chi connectivity index (χ3n) is 5.04. The number of nitrogens with zero attached hydrogens (tertiary/aromatic N) is 1. The SMILES string of the molecule is COc1ccc(C2C(CNC(=O)c3sccc3OC(F)F)CCCN2C)cc1. The van der Waals surface area contributed by atoms with E-state index in [2.05, 4.69) is 22.0 Å². The van der Waals surface area contributed by atoms with Crippen LogP contribution in [0.1, 0.15) is 34.1 Å². The maximum atomic E-state index is 12.5. The summed E-state index contributed by atoms with van der Waals surface area (Å²) in [5.41, 5.74) is 1.17. The maximum absolute atomic E-state index is 12.5. The summed E-state index contributed by atoms with van der Waals surface area (Å²) in [6, 6.07) is 9.53. The summed E-state index contributed by atoms with van der Waals surface area (Å²) < 4.78 is 34.6. The van der Waals surface area contributed by atoms with Gasteiger partial charge < -0.3 is 14.8 Å². The summed E-state index contributed by atoms with van der Waals surface area (Å²) >= 11 is 1.09. The van der Waals surface area contributed by atoms with Crippen LogP contribution in [0.15, 0.2) is 35.7 Å². The van der Waals surface area contributed by atoms with Crippen molar-refractivity contribution in [2.24, 2.45) is 5.92 Å². The molecule has 1 saturated heterocycles. The molecule has 0 spiro atoms. The number of hydrogen-bond acceptors (Lipinski definition) is 5. The van der Waals surface area contributed by atoms with Gasteiger partial charge in [0.1, 0.15) is 16.4 Å². The number of methoxy groups -OCH3 is 1. The van der Waals surface area contributed by atoms with E-state index in [1.54, 1.807) is 12.5 Å². The number of alkyl halides is 2. The average molecular weight is 410 g/mol. The van der Waals surface area contributed by atoms with Gasteiger partial charge in [-0.3, -0.25) is 9.69 Å². The van der Waals surface area contributed by atoms with Crippen LogP contribution in [0.3, 0.4) is 0 Å². The molecule has 5 nitrogen and oxygen atoms in total. The summed E-state index contributed by atoms with van der Waals surface area (Å²) in [7, 11) is 3.72. The number of thiophene rings is 1. The molecule has 0 bridgehead atoms. The van der Waals surface area contributed by atoms with Gasteiger partial charge in [0.05, 0.1) is 7.11 Å². The normalized spacial score (nSPS) is 20.2. The van der Waals surface area contributed by atoms with Crippen LogP contribution in [0, 0.1) is 5.92 Å². The van der Waals surface area contributed by atoms with Crippen LogP contribution in [-0.4, -0.2) is 44.7 Å². The number of amides is 1. The molecular weight excluding hydrogens is 386 g/mol. The molecule has 1 aromatic heterocycles. The van der Waals surface area contributed by atoms with Crippen molar-refractivity contribution in [2.75, 3.05) is 27.2 Å². The first-order valence-corrected chi connectivity index (χ1v) is 10.0. The highest BCUT2D eigenvalue weighted by atomic mass is 32.1. The number of nitrogens with one attached hydrogen (secondary N) is 1. The molecule has 1 aromatic carbocycles. The molecule has 0 radical (unpaired) electrons. The van der Waals surface area contributed by atoms with Crippen LogP contribution in [0.2, 0.25) is 0 Å². The highest BCUT2D eigenvalue weighted by Crippen LogP contribution is 2.35. The Morgan fingerprint density at radius 1 is 1.32 bits per heavy atom. The molecule has 28 heavy (non-hydrogen) atoms. The molecule has 2 atom stereocenters. The maximum Gasteiger partial charge on any atom is 0.387 e. The van der Waals surface area contributed by atoms with Crippen LogP contribution in [0.25, 0.3) is 0 Å². The Kier molecular flexibility index (Phi) is 6.85. The minimum atomic E-state index is -2.95. The highest BCUT2D eigenvalue weighted by molar-refractivity contribution is 7.12. The van der Waals surface area contributed by atoms with Crippen LogP contribution in [0.4, 0.5) is 8.78 Å². The topological polar surface area (TPSA) is 50.8 Å². The highest BCUT2D eigenvalue weighted by Gasteiger charge is 2.31. The van der Waals surface area contributed by atoms with E-state index in [1.807, 2.05) is 24.3 Å². The van der Waals surface area contributed by atoms with Crippen molar-refractivity contribution in [3.05, 3.63) is 46.2 Å². The third-order valence-corrected chi connectivity index (χ3v) is 5.94. The predicted octanol–water partition coefficient (Wildman–Crippen LogP) is 4.17. The number of rotatable bonds is 7. The van der Waals surface area contributed by atoms with Crippen molar-refractivity contribution >= 4 is 17.2 Å². The predicted molar refractivity (Wildman–Crippen MR) is 104 cm³/mol. The van der Waals surface area contributed by atoms with Gasteiger partial charge in [0.25, 0.3) is 5.91 Å². The van der Waals surface area contributed by atoms with Gasteiger partial charge in [0.2, 0.25) is 0 Å². The van der Waals surface area contributed by atoms with Gasteiger partial charge in [-0.1, -0.05) is 12.1 Å². The standard InChI is InChI=1S/C20H24F2N2O3S/c1-24-10-3-4-14(17(24)13-5-7-15(26-2)8-6-13)12-23-19(25)18-16(9-11-28-18)27-20(21)22/h5-9,11,14,17,20H,3-4,10,12H2,1-2H3,(H,23,25). The van der Waals surface area contributed by atoms with E-state index in [4.69, 9.17) is 4.74 Å². The molecule has 1 N–H and O–H groups in total. The van der Waals surface area contributed by atoms with E-state index < -0.39 is 6.61 Å². The fourth-order valence-electron chi connectivity index (χ4n) is 3.76. The molecule has 3 rings (SSSR count). The van der Waals surface area contributed by atoms with Crippen LogP contribution in [0.5, 0.6) is 11.5 Å². The molecule has 2 unspecified atom stereocenters. The summed E-state index contributed by atoms with van der Waals surface area (Å²) in [5.74, 6) is 0.559. The van der Waals surface area contributed by atoms with Crippen molar-refractivity contribution < 1.29 is 23.0 Å². The monoisotopic (exact) mass is 410 g/mol. The molecule has 0 saturated carbocycles. The van der Waals surface area contributed by atoms with Crippen LogP contribution >= 0.6 is 11.3 Å². The van der Waals surface area contributed by atoms with Crippen molar-refractivity contribution in [1.82, 2.24) is 10.2 Å². The molecule has 2 heterocycles. The Hall–Kier alpha value is -2.19. The lowest BCUT2D eigenvalue weighted by molar-refractivity contribution is -0.0498. The fraction of sp³-hybridized carbons (Fsp3) is 0.450. The zero-order chi connectivity index (χ0) is 20.1. The second kappa shape index (κ2) is 9.34. The summed E-state index contributed by atoms with van der Waals surface area (Å²) in [4.78, 5) is 15.0. The minimum Gasteiger partial charge on any atom is -0.497 e. The number of carbonyl (C=O) groups is 1. The number of hydrogen-bond donors (Lipinski definition) is 1. The van der Waals surface area contributed by atoms with Gasteiger partial charge in [0.15, 0.2) is 0 Å². The fourth-order valence-corrected chi connectivity index (χ4v) is 4.50. The molecule has 1 amide bonds. The van der Waals surface area contributed by atoms with Crippen molar-refractivity contribution in [3.63, 3.8) is 0 Å². The van der Waals surface area contributed by atoms with Crippen molar-refractivity contribution in [1.29, 1.82) is 0 Å². The van der Waals surface area contributed by atoms with Crippen LogP contribution < -0.4 is 14.8 Å². The van der Waals surface area contributed by atoms with Gasteiger partial charge >= 0.3 is 6.61 Å². The largest absolute Gasteiger partial charge is 0.497 e. The number of likely N-dealkylation sites (tertiary alicyclic amines) is 1. The summed E-state index contributed by atoms with van der Waals surface area (Å²) in [6.45, 7) is -1.50. The first-order chi connectivity index (χ1) is 13.5. The number of benzene rings is 1. The molecule has 8 heteroatoms. The molecule has 1 fully saturated rings. The van der Waals surface area contributed by atoms with E-state index in [9.17, 15) is 13.6 Å². The second-order valence-electron chi connectivity index (χ2n) is 6.80. The molecular formula is C20H24F2N2O3S. The van der Waals surface area contributed by atoms with Crippen LogP contribution in [-0.2, 0) is 0 Å². The van der Waals surface area contributed by atoms with Gasteiger partial charge in [-0.25, -0.2) is 0 Å². The Morgan fingerprint density at radius 3 is 2.75 bits per heavy atom. The van der Waals surface area contributed by atoms with Gasteiger partial charge in [-0.05, 0) is 61.5 Å². The zero-order valence-electron chi connectivity index (χ0n) is 15.9. The number of carbonyl (C=O) groups excluding carboxylic acids is 1. The molecule has 2 aromatic rings. The quantitative estimate of drug-likeness (QED) is 0.744. The lowest BCUT2D eigenvalue weighted by Gasteiger charge is -2.39. The molecule has 152 valence electrons. The molecule has 1 aliphatic rings. The van der Waals surface area contributed by atoms with E-state index in [0.717, 1.165) is 36.5 Å². The third kappa shape index (κ3) is 4.80. The number of halogens is 2. The Bertz CT molecular complexity index is 782. The lowest BCUT2D eigenvalue weighted by Crippen LogP contribution is -2.41. The van der Waals surface area contributed by atoms with E-state index in [-0.39, 0.29) is 28.5 Å². The second-order valence-corrected chi connectivity index (χ2v) is 7.72. The number of ether oxygens (including phenoxy) is 2. The number of piperidine rings is 1. The smallest absolute Gasteiger partial charge is 0.387 e. The van der Waals surface area contributed by atoms with E-state index in [0.29, 0.717) is 6.54 Å².